The van der Waals surface area contributed by atoms with Gasteiger partial charge in [-0.3, -0.25) is 4.90 Å². The van der Waals surface area contributed by atoms with E-state index in [1.165, 1.54) is 0 Å². The van der Waals surface area contributed by atoms with Crippen LogP contribution in [0.2, 0.25) is 0 Å². The highest BCUT2D eigenvalue weighted by molar-refractivity contribution is 4.88. The zero-order valence-electron chi connectivity index (χ0n) is 10.9. The van der Waals surface area contributed by atoms with Gasteiger partial charge in [0, 0.05) is 25.2 Å². The molecule has 1 aliphatic rings. The van der Waals surface area contributed by atoms with Gasteiger partial charge in [-0.1, -0.05) is 13.0 Å². The highest BCUT2D eigenvalue weighted by Gasteiger charge is 2.27. The average Bonchev–Trinajstić information content (AvgIpc) is 2.29. The third-order valence-corrected chi connectivity index (χ3v) is 3.19. The number of hydrogen-bond acceptors (Lipinski definition) is 3. The van der Waals surface area contributed by atoms with Crippen molar-refractivity contribution in [1.82, 2.24) is 10.2 Å². The van der Waals surface area contributed by atoms with Gasteiger partial charge in [-0.05, 0) is 26.8 Å². The Morgan fingerprint density at radius 1 is 1.56 bits per heavy atom. The molecule has 0 radical (unpaired) electrons. The van der Waals surface area contributed by atoms with Gasteiger partial charge in [0.1, 0.15) is 0 Å². The van der Waals surface area contributed by atoms with Crippen molar-refractivity contribution in [2.24, 2.45) is 0 Å². The van der Waals surface area contributed by atoms with E-state index in [0.29, 0.717) is 18.2 Å². The van der Waals surface area contributed by atoms with Gasteiger partial charge < -0.3 is 10.1 Å². The molecule has 0 aromatic carbocycles. The summed E-state index contributed by atoms with van der Waals surface area (Å²) in [5, 5.41) is 3.49. The maximum atomic E-state index is 5.87. The fourth-order valence-corrected chi connectivity index (χ4v) is 2.22. The van der Waals surface area contributed by atoms with Crippen LogP contribution in [0.3, 0.4) is 0 Å². The second kappa shape index (κ2) is 7.05. The maximum Gasteiger partial charge on any atom is 0.0858 e. The maximum absolute atomic E-state index is 5.87. The molecule has 1 heterocycles. The number of morpholine rings is 1. The van der Waals surface area contributed by atoms with E-state index in [1.807, 2.05) is 6.08 Å². The van der Waals surface area contributed by atoms with Gasteiger partial charge in [-0.2, -0.15) is 0 Å². The molecule has 1 aliphatic heterocycles. The molecule has 0 aromatic heterocycles. The van der Waals surface area contributed by atoms with Crippen LogP contribution in [-0.4, -0.2) is 49.3 Å². The molecule has 0 amide bonds. The van der Waals surface area contributed by atoms with E-state index in [9.17, 15) is 0 Å². The van der Waals surface area contributed by atoms with Crippen molar-refractivity contribution in [3.63, 3.8) is 0 Å². The summed E-state index contributed by atoms with van der Waals surface area (Å²) in [6.45, 7) is 14.4. The molecule has 94 valence electrons. The summed E-state index contributed by atoms with van der Waals surface area (Å²) in [6, 6.07) is 1.02. The van der Waals surface area contributed by atoms with Gasteiger partial charge in [-0.15, -0.1) is 6.58 Å². The van der Waals surface area contributed by atoms with Crippen molar-refractivity contribution in [1.29, 1.82) is 0 Å². The predicted molar refractivity (Wildman–Crippen MR) is 68.7 cm³/mol. The lowest BCUT2D eigenvalue weighted by Crippen LogP contribution is -2.53. The second-order valence-electron chi connectivity index (χ2n) is 4.69. The Bertz CT molecular complexity index is 206. The third kappa shape index (κ3) is 3.89. The Balaban J connectivity index is 2.51. The summed E-state index contributed by atoms with van der Waals surface area (Å²) in [6.07, 6.45) is 3.25. The summed E-state index contributed by atoms with van der Waals surface area (Å²) in [4.78, 5) is 2.49. The molecule has 16 heavy (non-hydrogen) atoms. The van der Waals surface area contributed by atoms with Gasteiger partial charge in [0.25, 0.3) is 0 Å². The Morgan fingerprint density at radius 3 is 2.88 bits per heavy atom. The molecule has 3 heteroatoms. The Hall–Kier alpha value is -0.380. The Morgan fingerprint density at radius 2 is 2.31 bits per heavy atom. The number of rotatable bonds is 6. The zero-order chi connectivity index (χ0) is 12.0. The lowest BCUT2D eigenvalue weighted by Gasteiger charge is -2.39. The zero-order valence-corrected chi connectivity index (χ0v) is 10.9. The molecule has 1 fully saturated rings. The molecule has 0 aromatic rings. The molecular weight excluding hydrogens is 200 g/mol. The van der Waals surface area contributed by atoms with Crippen molar-refractivity contribution < 1.29 is 4.74 Å². The van der Waals surface area contributed by atoms with Gasteiger partial charge >= 0.3 is 0 Å². The fraction of sp³-hybridized carbons (Fsp3) is 0.846. The Labute approximate surface area is 99.8 Å². The van der Waals surface area contributed by atoms with Crippen LogP contribution in [0.5, 0.6) is 0 Å². The minimum absolute atomic E-state index is 0.300. The summed E-state index contributed by atoms with van der Waals surface area (Å²) >= 11 is 0. The van der Waals surface area contributed by atoms with Gasteiger partial charge in [0.15, 0.2) is 0 Å². The largest absolute Gasteiger partial charge is 0.374 e. The van der Waals surface area contributed by atoms with E-state index in [-0.39, 0.29) is 0 Å². The SMILES string of the molecule is C=CCC(NCC)C1CN(C(C)C)CCO1. The smallest absolute Gasteiger partial charge is 0.0858 e. The highest BCUT2D eigenvalue weighted by Crippen LogP contribution is 2.14. The van der Waals surface area contributed by atoms with Crippen LogP contribution < -0.4 is 5.32 Å². The van der Waals surface area contributed by atoms with Gasteiger partial charge in [0.05, 0.1) is 12.7 Å². The van der Waals surface area contributed by atoms with Crippen LogP contribution in [-0.2, 0) is 4.74 Å². The molecule has 2 unspecified atom stereocenters. The normalized spacial score (nSPS) is 24.6. The number of nitrogens with one attached hydrogen (secondary N) is 1. The van der Waals surface area contributed by atoms with Gasteiger partial charge in [0.2, 0.25) is 0 Å². The standard InChI is InChI=1S/C13H26N2O/c1-5-7-12(14-6-2)13-10-15(11(3)4)8-9-16-13/h5,11-14H,1,6-10H2,2-4H3. The molecule has 0 bridgehead atoms. The van der Waals surface area contributed by atoms with Crippen LogP contribution >= 0.6 is 0 Å². The minimum Gasteiger partial charge on any atom is -0.374 e. The first kappa shape index (κ1) is 13.7. The van der Waals surface area contributed by atoms with E-state index in [1.54, 1.807) is 0 Å². The summed E-state index contributed by atoms with van der Waals surface area (Å²) in [7, 11) is 0. The molecule has 0 spiro atoms. The first-order chi connectivity index (χ1) is 7.69. The van der Waals surface area contributed by atoms with Crippen molar-refractivity contribution in [3.8, 4) is 0 Å². The summed E-state index contributed by atoms with van der Waals surface area (Å²) < 4.78 is 5.87. The molecule has 0 saturated carbocycles. The van der Waals surface area contributed by atoms with Crippen molar-refractivity contribution in [2.45, 2.75) is 45.4 Å². The number of ether oxygens (including phenoxy) is 1. The molecular formula is C13H26N2O. The molecule has 0 aliphatic carbocycles. The van der Waals surface area contributed by atoms with Crippen LogP contribution in [0, 0.1) is 0 Å². The van der Waals surface area contributed by atoms with E-state index in [2.05, 4.69) is 37.6 Å². The lowest BCUT2D eigenvalue weighted by atomic mass is 10.0. The number of hydrogen-bond donors (Lipinski definition) is 1. The van der Waals surface area contributed by atoms with E-state index >= 15 is 0 Å². The van der Waals surface area contributed by atoms with Crippen molar-refractivity contribution >= 4 is 0 Å². The first-order valence-electron chi connectivity index (χ1n) is 6.39. The Kier molecular flexibility index (Phi) is 6.03. The average molecular weight is 226 g/mol. The molecule has 3 nitrogen and oxygen atoms in total. The van der Waals surface area contributed by atoms with Crippen LogP contribution in [0.15, 0.2) is 12.7 Å². The highest BCUT2D eigenvalue weighted by atomic mass is 16.5. The first-order valence-corrected chi connectivity index (χ1v) is 6.39. The molecule has 1 N–H and O–H groups in total. The fourth-order valence-electron chi connectivity index (χ4n) is 2.22. The summed E-state index contributed by atoms with van der Waals surface area (Å²) in [5.41, 5.74) is 0. The predicted octanol–water partition coefficient (Wildman–Crippen LogP) is 1.65. The second-order valence-corrected chi connectivity index (χ2v) is 4.69. The number of likely N-dealkylation sites (N-methyl/N-ethyl adjacent to an activating group) is 1. The van der Waals surface area contributed by atoms with Gasteiger partial charge in [-0.25, -0.2) is 0 Å². The topological polar surface area (TPSA) is 24.5 Å². The lowest BCUT2D eigenvalue weighted by molar-refractivity contribution is -0.0546. The van der Waals surface area contributed by atoms with Crippen LogP contribution in [0.4, 0.5) is 0 Å². The minimum atomic E-state index is 0.300. The summed E-state index contributed by atoms with van der Waals surface area (Å²) in [5.74, 6) is 0. The van der Waals surface area contributed by atoms with E-state index in [4.69, 9.17) is 4.74 Å². The number of nitrogens with zero attached hydrogens (tertiary/aromatic N) is 1. The van der Waals surface area contributed by atoms with Crippen molar-refractivity contribution in [3.05, 3.63) is 12.7 Å². The molecule has 1 rings (SSSR count). The monoisotopic (exact) mass is 226 g/mol. The quantitative estimate of drug-likeness (QED) is 0.697. The molecule has 2 atom stereocenters. The third-order valence-electron chi connectivity index (χ3n) is 3.19. The van der Waals surface area contributed by atoms with E-state index < -0.39 is 0 Å². The van der Waals surface area contributed by atoms with Crippen LogP contribution in [0.25, 0.3) is 0 Å². The molecule has 1 saturated heterocycles. The van der Waals surface area contributed by atoms with Crippen LogP contribution in [0.1, 0.15) is 27.2 Å². The van der Waals surface area contributed by atoms with E-state index in [0.717, 1.165) is 32.7 Å². The van der Waals surface area contributed by atoms with Crippen molar-refractivity contribution in [2.75, 3.05) is 26.2 Å².